The molecule has 9 heteroatoms. The van der Waals surface area contributed by atoms with Crippen LogP contribution in [0.15, 0.2) is 83.0 Å². The fraction of sp³-hybridized carbons (Fsp3) is 0.111. The van der Waals surface area contributed by atoms with Gasteiger partial charge in [0, 0.05) is 29.0 Å². The van der Waals surface area contributed by atoms with Crippen molar-refractivity contribution in [3.05, 3.63) is 105 Å². The number of ether oxygens (including phenoxy) is 1. The minimum atomic E-state index is -0.589. The zero-order chi connectivity index (χ0) is 24.6. The Morgan fingerprint density at radius 2 is 1.78 bits per heavy atom. The summed E-state index contributed by atoms with van der Waals surface area (Å²) in [5.74, 6) is 1.10. The molecule has 0 atom stereocenters. The molecule has 6 rings (SSSR count). The molecule has 4 heterocycles. The highest BCUT2D eigenvalue weighted by atomic mass is 32.1. The number of amides is 1. The number of rotatable bonds is 5. The van der Waals surface area contributed by atoms with Gasteiger partial charge in [-0.25, -0.2) is 4.98 Å². The number of nitrogens with one attached hydrogen (secondary N) is 2. The number of para-hydroxylation sites is 2. The topological polar surface area (TPSA) is 102 Å². The maximum Gasteiger partial charge on any atom is 0.252 e. The fourth-order valence-corrected chi connectivity index (χ4v) is 5.02. The van der Waals surface area contributed by atoms with Crippen molar-refractivity contribution in [2.24, 2.45) is 0 Å². The van der Waals surface area contributed by atoms with Gasteiger partial charge in [0.1, 0.15) is 23.0 Å². The molecule has 36 heavy (non-hydrogen) atoms. The fourth-order valence-electron chi connectivity index (χ4n) is 4.34. The predicted molar refractivity (Wildman–Crippen MR) is 138 cm³/mol. The van der Waals surface area contributed by atoms with E-state index >= 15 is 0 Å². The van der Waals surface area contributed by atoms with Crippen LogP contribution in [0.5, 0.6) is 11.5 Å². The molecule has 5 aromatic rings. The molecular weight excluding hydrogens is 474 g/mol. The number of aromatic nitrogens is 4. The van der Waals surface area contributed by atoms with Gasteiger partial charge in [-0.1, -0.05) is 49.4 Å². The normalized spacial score (nSPS) is 12.5. The Hall–Kier alpha value is -4.50. The number of benzene rings is 2. The largest absolute Gasteiger partial charge is 0.457 e. The Morgan fingerprint density at radius 1 is 1.06 bits per heavy atom. The summed E-state index contributed by atoms with van der Waals surface area (Å²) in [5.41, 5.74) is 2.56. The summed E-state index contributed by atoms with van der Waals surface area (Å²) in [7, 11) is 0. The van der Waals surface area contributed by atoms with Gasteiger partial charge in [-0.05, 0) is 30.0 Å². The van der Waals surface area contributed by atoms with Gasteiger partial charge < -0.3 is 10.1 Å². The SMILES string of the molecule is CCc1cc(=O)[nH]c(-n2nc(-c3cccs3)cc2NC(=O)C2c3ccccc3Oc3ccccc32)n1. The molecule has 1 aliphatic rings. The maximum absolute atomic E-state index is 13.9. The summed E-state index contributed by atoms with van der Waals surface area (Å²) < 4.78 is 7.52. The van der Waals surface area contributed by atoms with E-state index in [0.717, 1.165) is 16.0 Å². The highest BCUT2D eigenvalue weighted by molar-refractivity contribution is 7.13. The van der Waals surface area contributed by atoms with Crippen LogP contribution in [-0.2, 0) is 11.2 Å². The Labute approximate surface area is 210 Å². The molecule has 2 aromatic carbocycles. The lowest BCUT2D eigenvalue weighted by molar-refractivity contribution is -0.116. The highest BCUT2D eigenvalue weighted by Gasteiger charge is 2.33. The van der Waals surface area contributed by atoms with Crippen molar-refractivity contribution in [2.75, 3.05) is 5.32 Å². The minimum absolute atomic E-state index is 0.241. The van der Waals surface area contributed by atoms with Crippen LogP contribution in [0.4, 0.5) is 5.82 Å². The zero-order valence-electron chi connectivity index (χ0n) is 19.3. The number of nitrogens with zero attached hydrogens (tertiary/aromatic N) is 3. The smallest absolute Gasteiger partial charge is 0.252 e. The van der Waals surface area contributed by atoms with Crippen molar-refractivity contribution in [2.45, 2.75) is 19.3 Å². The lowest BCUT2D eigenvalue weighted by Gasteiger charge is -2.27. The molecule has 0 fully saturated rings. The number of anilines is 1. The van der Waals surface area contributed by atoms with Crippen LogP contribution in [0.2, 0.25) is 0 Å². The first kappa shape index (κ1) is 22.0. The van der Waals surface area contributed by atoms with Crippen molar-refractivity contribution >= 4 is 23.1 Å². The van der Waals surface area contributed by atoms with E-state index in [1.807, 2.05) is 73.0 Å². The lowest BCUT2D eigenvalue weighted by atomic mass is 9.87. The van der Waals surface area contributed by atoms with E-state index < -0.39 is 5.92 Å². The Kier molecular flexibility index (Phi) is 5.46. The maximum atomic E-state index is 13.9. The number of thiophene rings is 1. The second kappa shape index (κ2) is 8.94. The number of fused-ring (bicyclic) bond motifs is 2. The van der Waals surface area contributed by atoms with Gasteiger partial charge >= 0.3 is 0 Å². The summed E-state index contributed by atoms with van der Waals surface area (Å²) in [6.07, 6.45) is 0.591. The third-order valence-corrected chi connectivity index (χ3v) is 6.91. The van der Waals surface area contributed by atoms with E-state index in [9.17, 15) is 9.59 Å². The van der Waals surface area contributed by atoms with Gasteiger partial charge in [-0.3, -0.25) is 14.6 Å². The van der Waals surface area contributed by atoms with Gasteiger partial charge in [-0.2, -0.15) is 9.78 Å². The van der Waals surface area contributed by atoms with Crippen LogP contribution in [0, 0.1) is 0 Å². The van der Waals surface area contributed by atoms with Gasteiger partial charge in [-0.15, -0.1) is 11.3 Å². The second-order valence-corrected chi connectivity index (χ2v) is 9.27. The monoisotopic (exact) mass is 495 g/mol. The van der Waals surface area contributed by atoms with Crippen molar-refractivity contribution in [3.63, 3.8) is 0 Å². The Morgan fingerprint density at radius 3 is 2.44 bits per heavy atom. The molecular formula is C27H21N5O3S. The Balaban J connectivity index is 1.45. The summed E-state index contributed by atoms with van der Waals surface area (Å²) in [6, 6.07) is 22.2. The molecule has 178 valence electrons. The van der Waals surface area contributed by atoms with Gasteiger partial charge in [0.25, 0.3) is 5.56 Å². The highest BCUT2D eigenvalue weighted by Crippen LogP contribution is 2.44. The van der Waals surface area contributed by atoms with E-state index in [-0.39, 0.29) is 17.4 Å². The molecule has 2 N–H and O–H groups in total. The van der Waals surface area contributed by atoms with E-state index in [4.69, 9.17) is 4.74 Å². The van der Waals surface area contributed by atoms with Crippen LogP contribution in [-0.4, -0.2) is 25.7 Å². The number of hydrogen-bond acceptors (Lipinski definition) is 6. The minimum Gasteiger partial charge on any atom is -0.457 e. The first-order valence-electron chi connectivity index (χ1n) is 11.5. The standard InChI is InChI=1S/C27H21N5O3S/c1-2-16-14-24(33)30-27(28-16)32-23(15-19(31-32)22-12-7-13-36-22)29-26(34)25-17-8-3-5-10-20(17)35-21-11-6-4-9-18(21)25/h3-15,25H,2H2,1H3,(H,29,34)(H,28,30,33). The van der Waals surface area contributed by atoms with E-state index in [0.29, 0.717) is 35.1 Å². The average Bonchev–Trinajstić information content (AvgIpc) is 3.57. The van der Waals surface area contributed by atoms with Crippen molar-refractivity contribution in [1.29, 1.82) is 0 Å². The molecule has 1 amide bonds. The molecule has 0 saturated heterocycles. The van der Waals surface area contributed by atoms with Crippen molar-refractivity contribution in [1.82, 2.24) is 19.7 Å². The molecule has 0 spiro atoms. The predicted octanol–water partition coefficient (Wildman–Crippen LogP) is 5.12. The number of H-pyrrole nitrogens is 1. The van der Waals surface area contributed by atoms with Crippen LogP contribution in [0.25, 0.3) is 16.5 Å². The molecule has 0 unspecified atom stereocenters. The van der Waals surface area contributed by atoms with E-state index in [1.54, 1.807) is 6.07 Å². The molecule has 0 radical (unpaired) electrons. The molecule has 0 aliphatic carbocycles. The van der Waals surface area contributed by atoms with Crippen LogP contribution >= 0.6 is 11.3 Å². The lowest BCUT2D eigenvalue weighted by Crippen LogP contribution is -2.26. The quantitative estimate of drug-likeness (QED) is 0.352. The number of carbonyl (C=O) groups is 1. The third-order valence-electron chi connectivity index (χ3n) is 6.02. The van der Waals surface area contributed by atoms with Crippen molar-refractivity contribution < 1.29 is 9.53 Å². The third kappa shape index (κ3) is 3.89. The molecule has 0 bridgehead atoms. The number of carbonyl (C=O) groups excluding carboxylic acids is 1. The van der Waals surface area contributed by atoms with Crippen molar-refractivity contribution in [3.8, 4) is 28.0 Å². The summed E-state index contributed by atoms with van der Waals surface area (Å²) in [5, 5.41) is 9.69. The van der Waals surface area contributed by atoms with E-state index in [1.165, 1.54) is 22.1 Å². The summed E-state index contributed by atoms with van der Waals surface area (Å²) in [4.78, 5) is 34.4. The van der Waals surface area contributed by atoms with Crippen LogP contribution in [0.1, 0.15) is 29.7 Å². The summed E-state index contributed by atoms with van der Waals surface area (Å²) >= 11 is 1.53. The van der Waals surface area contributed by atoms with E-state index in [2.05, 4.69) is 20.4 Å². The Bertz CT molecular complexity index is 1590. The molecule has 1 aliphatic heterocycles. The van der Waals surface area contributed by atoms with Gasteiger partial charge in [0.2, 0.25) is 11.9 Å². The molecule has 8 nitrogen and oxygen atoms in total. The first-order chi connectivity index (χ1) is 17.6. The van der Waals surface area contributed by atoms with Gasteiger partial charge in [0.05, 0.1) is 10.8 Å². The number of aromatic amines is 1. The molecule has 0 saturated carbocycles. The van der Waals surface area contributed by atoms with Gasteiger partial charge in [0.15, 0.2) is 0 Å². The number of hydrogen-bond donors (Lipinski definition) is 2. The average molecular weight is 496 g/mol. The second-order valence-electron chi connectivity index (χ2n) is 8.32. The summed E-state index contributed by atoms with van der Waals surface area (Å²) in [6.45, 7) is 1.93. The first-order valence-corrected chi connectivity index (χ1v) is 12.4. The van der Waals surface area contributed by atoms with Crippen LogP contribution in [0.3, 0.4) is 0 Å². The molecule has 3 aromatic heterocycles. The zero-order valence-corrected chi connectivity index (χ0v) is 20.1. The number of aryl methyl sites for hydroxylation is 1. The van der Waals surface area contributed by atoms with Crippen LogP contribution < -0.4 is 15.6 Å².